The molecule has 1 fully saturated rings. The zero-order valence-corrected chi connectivity index (χ0v) is 14.0. The molecule has 0 saturated carbocycles. The summed E-state index contributed by atoms with van der Waals surface area (Å²) in [6.45, 7) is 1.79. The summed E-state index contributed by atoms with van der Waals surface area (Å²) in [7, 11) is 1.62. The minimum atomic E-state index is -0.880. The standard InChI is InChI=1S/C19H19FN2O3/c1-12-3-9-15(10-4-12)21-19(24)18-17(22(2)16(23)11-25-18)13-5-7-14(20)8-6-13/h3-10,17-18H,11H2,1-2H3,(H,21,24)/t17-,18+/m0/s1. The Bertz CT molecular complexity index is 774. The molecule has 0 spiro atoms. The van der Waals surface area contributed by atoms with E-state index < -0.39 is 12.1 Å². The van der Waals surface area contributed by atoms with Gasteiger partial charge in [-0.1, -0.05) is 29.8 Å². The normalized spacial score (nSPS) is 20.4. The molecular weight excluding hydrogens is 323 g/mol. The molecule has 0 bridgehead atoms. The smallest absolute Gasteiger partial charge is 0.256 e. The maximum absolute atomic E-state index is 13.2. The number of aryl methyl sites for hydroxylation is 1. The van der Waals surface area contributed by atoms with Gasteiger partial charge in [-0.05, 0) is 36.8 Å². The SMILES string of the molecule is Cc1ccc(NC(=O)[C@@H]2OCC(=O)N(C)[C@H]2c2ccc(F)cc2)cc1. The van der Waals surface area contributed by atoms with Crippen molar-refractivity contribution >= 4 is 17.5 Å². The van der Waals surface area contributed by atoms with Crippen LogP contribution in [0.4, 0.5) is 10.1 Å². The van der Waals surface area contributed by atoms with E-state index in [0.717, 1.165) is 5.56 Å². The first kappa shape index (κ1) is 17.1. The van der Waals surface area contributed by atoms with Gasteiger partial charge >= 0.3 is 0 Å². The van der Waals surface area contributed by atoms with Crippen LogP contribution in [0.1, 0.15) is 17.2 Å². The molecular formula is C19H19FN2O3. The van der Waals surface area contributed by atoms with Crippen LogP contribution in [0, 0.1) is 12.7 Å². The minimum absolute atomic E-state index is 0.166. The molecule has 1 N–H and O–H groups in total. The van der Waals surface area contributed by atoms with Gasteiger partial charge in [-0.15, -0.1) is 0 Å². The van der Waals surface area contributed by atoms with E-state index in [2.05, 4.69) is 5.32 Å². The zero-order chi connectivity index (χ0) is 18.0. The van der Waals surface area contributed by atoms with Gasteiger partial charge < -0.3 is 15.0 Å². The number of nitrogens with zero attached hydrogens (tertiary/aromatic N) is 1. The van der Waals surface area contributed by atoms with Crippen molar-refractivity contribution in [2.45, 2.75) is 19.1 Å². The molecule has 1 heterocycles. The molecule has 3 rings (SSSR count). The average molecular weight is 342 g/mol. The summed E-state index contributed by atoms with van der Waals surface area (Å²) in [6.07, 6.45) is -0.880. The Hall–Kier alpha value is -2.73. The van der Waals surface area contributed by atoms with E-state index in [4.69, 9.17) is 4.74 Å². The van der Waals surface area contributed by atoms with Crippen molar-refractivity contribution in [3.8, 4) is 0 Å². The third kappa shape index (κ3) is 3.69. The van der Waals surface area contributed by atoms with E-state index >= 15 is 0 Å². The Kier molecular flexibility index (Phi) is 4.81. The van der Waals surface area contributed by atoms with Crippen molar-refractivity contribution in [1.29, 1.82) is 0 Å². The Morgan fingerprint density at radius 1 is 1.16 bits per heavy atom. The Morgan fingerprint density at radius 3 is 2.44 bits per heavy atom. The van der Waals surface area contributed by atoms with Crippen molar-refractivity contribution in [3.05, 3.63) is 65.5 Å². The Balaban J connectivity index is 1.85. The zero-order valence-electron chi connectivity index (χ0n) is 14.0. The summed E-state index contributed by atoms with van der Waals surface area (Å²) in [5, 5.41) is 2.81. The van der Waals surface area contributed by atoms with Gasteiger partial charge in [0.2, 0.25) is 5.91 Å². The van der Waals surface area contributed by atoms with E-state index in [9.17, 15) is 14.0 Å². The number of halogens is 1. The molecule has 2 aromatic carbocycles. The molecule has 130 valence electrons. The Morgan fingerprint density at radius 2 is 1.80 bits per heavy atom. The van der Waals surface area contributed by atoms with E-state index in [1.807, 2.05) is 19.1 Å². The van der Waals surface area contributed by atoms with Crippen LogP contribution < -0.4 is 5.32 Å². The fourth-order valence-electron chi connectivity index (χ4n) is 2.84. The lowest BCUT2D eigenvalue weighted by Gasteiger charge is -2.38. The maximum atomic E-state index is 13.2. The molecule has 6 heteroatoms. The van der Waals surface area contributed by atoms with E-state index in [1.165, 1.54) is 17.0 Å². The van der Waals surface area contributed by atoms with Gasteiger partial charge in [-0.3, -0.25) is 9.59 Å². The lowest BCUT2D eigenvalue weighted by atomic mass is 9.97. The van der Waals surface area contributed by atoms with Crippen molar-refractivity contribution in [1.82, 2.24) is 4.90 Å². The van der Waals surface area contributed by atoms with E-state index in [1.54, 1.807) is 31.3 Å². The molecule has 2 atom stereocenters. The van der Waals surface area contributed by atoms with Crippen molar-refractivity contribution < 1.29 is 18.7 Å². The van der Waals surface area contributed by atoms with Crippen molar-refractivity contribution in [2.24, 2.45) is 0 Å². The number of carbonyl (C=O) groups excluding carboxylic acids is 2. The quantitative estimate of drug-likeness (QED) is 0.933. The monoisotopic (exact) mass is 342 g/mol. The highest BCUT2D eigenvalue weighted by Crippen LogP contribution is 2.30. The fourth-order valence-corrected chi connectivity index (χ4v) is 2.84. The van der Waals surface area contributed by atoms with Crippen molar-refractivity contribution in [2.75, 3.05) is 19.0 Å². The second-order valence-corrected chi connectivity index (χ2v) is 6.09. The molecule has 1 aliphatic rings. The van der Waals surface area contributed by atoms with Crippen LogP contribution in [0.2, 0.25) is 0 Å². The summed E-state index contributed by atoms with van der Waals surface area (Å²) >= 11 is 0. The van der Waals surface area contributed by atoms with Gasteiger partial charge in [0.15, 0.2) is 6.10 Å². The van der Waals surface area contributed by atoms with Gasteiger partial charge in [-0.25, -0.2) is 4.39 Å². The molecule has 1 saturated heterocycles. The van der Waals surface area contributed by atoms with Gasteiger partial charge in [-0.2, -0.15) is 0 Å². The molecule has 0 aromatic heterocycles. The van der Waals surface area contributed by atoms with Gasteiger partial charge in [0.1, 0.15) is 12.4 Å². The summed E-state index contributed by atoms with van der Waals surface area (Å²) in [6, 6.07) is 12.5. The van der Waals surface area contributed by atoms with Crippen LogP contribution in [0.15, 0.2) is 48.5 Å². The highest BCUT2D eigenvalue weighted by molar-refractivity contribution is 5.96. The third-order valence-electron chi connectivity index (χ3n) is 4.27. The van der Waals surface area contributed by atoms with Crippen LogP contribution in [0.25, 0.3) is 0 Å². The number of amides is 2. The van der Waals surface area contributed by atoms with Crippen LogP contribution in [0.3, 0.4) is 0 Å². The molecule has 1 aliphatic heterocycles. The predicted molar refractivity (Wildman–Crippen MR) is 91.5 cm³/mol. The van der Waals surface area contributed by atoms with Gasteiger partial charge in [0.05, 0.1) is 6.04 Å². The first-order valence-corrected chi connectivity index (χ1v) is 7.96. The number of benzene rings is 2. The number of ether oxygens (including phenoxy) is 1. The van der Waals surface area contributed by atoms with Crippen LogP contribution in [0.5, 0.6) is 0 Å². The van der Waals surface area contributed by atoms with Crippen LogP contribution in [-0.2, 0) is 14.3 Å². The lowest BCUT2D eigenvalue weighted by molar-refractivity contribution is -0.160. The summed E-state index contributed by atoms with van der Waals surface area (Å²) < 4.78 is 18.7. The lowest BCUT2D eigenvalue weighted by Crippen LogP contribution is -2.51. The first-order valence-electron chi connectivity index (χ1n) is 7.96. The van der Waals surface area contributed by atoms with Crippen molar-refractivity contribution in [3.63, 3.8) is 0 Å². The van der Waals surface area contributed by atoms with Crippen LogP contribution in [-0.4, -0.2) is 36.5 Å². The van der Waals surface area contributed by atoms with E-state index in [-0.39, 0.29) is 24.2 Å². The number of hydrogen-bond acceptors (Lipinski definition) is 3. The predicted octanol–water partition coefficient (Wildman–Crippen LogP) is 2.67. The minimum Gasteiger partial charge on any atom is -0.356 e. The number of anilines is 1. The average Bonchev–Trinajstić information content (AvgIpc) is 2.60. The summed E-state index contributed by atoms with van der Waals surface area (Å²) in [5.74, 6) is -0.957. The molecule has 5 nitrogen and oxygen atoms in total. The van der Waals surface area contributed by atoms with Crippen LogP contribution >= 0.6 is 0 Å². The van der Waals surface area contributed by atoms with Gasteiger partial charge in [0.25, 0.3) is 5.91 Å². The van der Waals surface area contributed by atoms with E-state index in [0.29, 0.717) is 11.3 Å². The van der Waals surface area contributed by atoms with Gasteiger partial charge in [0, 0.05) is 12.7 Å². The highest BCUT2D eigenvalue weighted by Gasteiger charge is 2.40. The molecule has 25 heavy (non-hydrogen) atoms. The second kappa shape index (κ2) is 7.03. The maximum Gasteiger partial charge on any atom is 0.256 e. The Labute approximate surface area is 145 Å². The fraction of sp³-hybridized carbons (Fsp3) is 0.263. The molecule has 2 aromatic rings. The number of morpholine rings is 1. The second-order valence-electron chi connectivity index (χ2n) is 6.09. The number of hydrogen-bond donors (Lipinski definition) is 1. The number of nitrogens with one attached hydrogen (secondary N) is 1. The first-order chi connectivity index (χ1) is 12.0. The molecule has 0 unspecified atom stereocenters. The highest BCUT2D eigenvalue weighted by atomic mass is 19.1. The number of rotatable bonds is 3. The molecule has 0 aliphatic carbocycles. The molecule has 2 amide bonds. The molecule has 0 radical (unpaired) electrons. The topological polar surface area (TPSA) is 58.6 Å². The number of likely N-dealkylation sites (N-methyl/N-ethyl adjacent to an activating group) is 1. The number of carbonyl (C=O) groups is 2. The largest absolute Gasteiger partial charge is 0.356 e. The third-order valence-corrected chi connectivity index (χ3v) is 4.27. The summed E-state index contributed by atoms with van der Waals surface area (Å²) in [5.41, 5.74) is 2.37. The summed E-state index contributed by atoms with van der Waals surface area (Å²) in [4.78, 5) is 26.2.